The predicted molar refractivity (Wildman–Crippen MR) is 77.2 cm³/mol. The third-order valence-electron chi connectivity index (χ3n) is 3.10. The van der Waals surface area contributed by atoms with Gasteiger partial charge in [0.2, 0.25) is 0 Å². The first kappa shape index (κ1) is 13.7. The predicted octanol–water partition coefficient (Wildman–Crippen LogP) is 2.96. The van der Waals surface area contributed by atoms with E-state index in [0.717, 1.165) is 24.3 Å². The van der Waals surface area contributed by atoms with Crippen molar-refractivity contribution >= 4 is 0 Å². The van der Waals surface area contributed by atoms with Crippen LogP contribution in [0.1, 0.15) is 38.9 Å². The van der Waals surface area contributed by atoms with E-state index in [0.29, 0.717) is 5.92 Å². The lowest BCUT2D eigenvalue weighted by molar-refractivity contribution is 0.402. The van der Waals surface area contributed by atoms with Crippen LogP contribution in [0.25, 0.3) is 5.69 Å². The summed E-state index contributed by atoms with van der Waals surface area (Å²) in [5, 5.41) is 12.5. The van der Waals surface area contributed by atoms with Gasteiger partial charge in [-0.2, -0.15) is 15.0 Å². The molecule has 1 atom stereocenters. The molecule has 0 saturated heterocycles. The molecule has 0 aliphatic rings. The zero-order valence-corrected chi connectivity index (χ0v) is 11.9. The van der Waals surface area contributed by atoms with Gasteiger partial charge in [0.15, 0.2) is 0 Å². The fourth-order valence-corrected chi connectivity index (χ4v) is 2.08. The molecular formula is C15H22N4. The van der Waals surface area contributed by atoms with Gasteiger partial charge in [-0.1, -0.05) is 39.0 Å². The van der Waals surface area contributed by atoms with Crippen LogP contribution in [-0.2, 0) is 0 Å². The number of hydrogen-bond acceptors (Lipinski definition) is 3. The quantitative estimate of drug-likeness (QED) is 0.866. The lowest BCUT2D eigenvalue weighted by atomic mass is 10.0. The van der Waals surface area contributed by atoms with Crippen LogP contribution < -0.4 is 5.32 Å². The summed E-state index contributed by atoms with van der Waals surface area (Å²) in [6.07, 6.45) is 2.98. The Morgan fingerprint density at radius 3 is 2.58 bits per heavy atom. The van der Waals surface area contributed by atoms with Crippen molar-refractivity contribution in [3.05, 3.63) is 42.2 Å². The Balaban J connectivity index is 2.19. The molecule has 1 N–H and O–H groups in total. The highest BCUT2D eigenvalue weighted by Crippen LogP contribution is 2.19. The highest BCUT2D eigenvalue weighted by atomic mass is 15.5. The van der Waals surface area contributed by atoms with Crippen molar-refractivity contribution < 1.29 is 0 Å². The highest BCUT2D eigenvalue weighted by Gasteiger charge is 2.18. The van der Waals surface area contributed by atoms with Gasteiger partial charge in [0.25, 0.3) is 0 Å². The molecule has 0 radical (unpaired) electrons. The number of hydrogen-bond donors (Lipinski definition) is 1. The van der Waals surface area contributed by atoms with E-state index in [4.69, 9.17) is 0 Å². The van der Waals surface area contributed by atoms with Gasteiger partial charge in [-0.15, -0.1) is 0 Å². The standard InChI is InChI=1S/C15H22N4/c1-4-10-16-15(12(2)3)14-11-17-19(18-14)13-8-6-5-7-9-13/h5-9,11-12,15-16H,4,10H2,1-3H3. The average molecular weight is 258 g/mol. The molecule has 0 fully saturated rings. The van der Waals surface area contributed by atoms with Gasteiger partial charge < -0.3 is 5.32 Å². The zero-order chi connectivity index (χ0) is 13.7. The number of nitrogens with one attached hydrogen (secondary N) is 1. The molecule has 19 heavy (non-hydrogen) atoms. The summed E-state index contributed by atoms with van der Waals surface area (Å²) in [7, 11) is 0. The Labute approximate surface area is 114 Å². The first-order valence-electron chi connectivity index (χ1n) is 6.93. The number of aromatic nitrogens is 3. The molecule has 4 nitrogen and oxygen atoms in total. The Morgan fingerprint density at radius 1 is 1.21 bits per heavy atom. The summed E-state index contributed by atoms with van der Waals surface area (Å²) in [6.45, 7) is 7.58. The van der Waals surface area contributed by atoms with Crippen LogP contribution in [0.3, 0.4) is 0 Å². The van der Waals surface area contributed by atoms with Crippen LogP contribution in [0.4, 0.5) is 0 Å². The normalized spacial score (nSPS) is 12.8. The first-order chi connectivity index (χ1) is 9.22. The summed E-state index contributed by atoms with van der Waals surface area (Å²) >= 11 is 0. The van der Waals surface area contributed by atoms with Crippen LogP contribution in [0.15, 0.2) is 36.5 Å². The van der Waals surface area contributed by atoms with E-state index in [9.17, 15) is 0 Å². The molecule has 102 valence electrons. The van der Waals surface area contributed by atoms with Crippen LogP contribution in [-0.4, -0.2) is 21.5 Å². The minimum Gasteiger partial charge on any atom is -0.308 e. The maximum atomic E-state index is 4.60. The minimum atomic E-state index is 0.261. The molecule has 4 heteroatoms. The molecule has 0 amide bonds. The Morgan fingerprint density at radius 2 is 1.95 bits per heavy atom. The molecule has 2 rings (SSSR count). The largest absolute Gasteiger partial charge is 0.308 e. The maximum absolute atomic E-state index is 4.60. The molecule has 0 bridgehead atoms. The van der Waals surface area contributed by atoms with Gasteiger partial charge in [-0.25, -0.2) is 0 Å². The van der Waals surface area contributed by atoms with Crippen LogP contribution in [0.2, 0.25) is 0 Å². The second kappa shape index (κ2) is 6.48. The third-order valence-corrected chi connectivity index (χ3v) is 3.10. The first-order valence-corrected chi connectivity index (χ1v) is 6.93. The van der Waals surface area contributed by atoms with E-state index in [2.05, 4.69) is 36.3 Å². The summed E-state index contributed by atoms with van der Waals surface area (Å²) in [5.41, 5.74) is 2.00. The van der Waals surface area contributed by atoms with Crippen molar-refractivity contribution in [1.29, 1.82) is 0 Å². The smallest absolute Gasteiger partial charge is 0.100 e. The van der Waals surface area contributed by atoms with Crippen molar-refractivity contribution in [3.8, 4) is 5.69 Å². The lowest BCUT2D eigenvalue weighted by Crippen LogP contribution is -2.26. The molecule has 1 aromatic carbocycles. The molecule has 0 aliphatic heterocycles. The molecule has 1 heterocycles. The van der Waals surface area contributed by atoms with Gasteiger partial charge in [0.1, 0.15) is 5.69 Å². The van der Waals surface area contributed by atoms with Gasteiger partial charge in [0.05, 0.1) is 17.9 Å². The molecule has 1 aromatic heterocycles. The summed E-state index contributed by atoms with van der Waals surface area (Å²) in [5.74, 6) is 0.493. The number of para-hydroxylation sites is 1. The van der Waals surface area contributed by atoms with Gasteiger partial charge in [0, 0.05) is 0 Å². The fraction of sp³-hybridized carbons (Fsp3) is 0.467. The highest BCUT2D eigenvalue weighted by molar-refractivity contribution is 5.28. The Bertz CT molecular complexity index is 490. The zero-order valence-electron chi connectivity index (χ0n) is 11.9. The molecule has 1 unspecified atom stereocenters. The summed E-state index contributed by atoms with van der Waals surface area (Å²) < 4.78 is 0. The monoisotopic (exact) mass is 258 g/mol. The maximum Gasteiger partial charge on any atom is 0.100 e. The third kappa shape index (κ3) is 3.41. The van der Waals surface area contributed by atoms with Crippen molar-refractivity contribution in [2.75, 3.05) is 6.54 Å². The number of rotatable bonds is 6. The van der Waals surface area contributed by atoms with E-state index >= 15 is 0 Å². The molecule has 0 aliphatic carbocycles. The SMILES string of the molecule is CCCNC(c1cnn(-c2ccccc2)n1)C(C)C. The van der Waals surface area contributed by atoms with E-state index in [1.165, 1.54) is 0 Å². The second-order valence-electron chi connectivity index (χ2n) is 5.07. The molecular weight excluding hydrogens is 236 g/mol. The van der Waals surface area contributed by atoms with Gasteiger partial charge in [-0.05, 0) is 31.0 Å². The van der Waals surface area contributed by atoms with Crippen molar-refractivity contribution in [3.63, 3.8) is 0 Å². The second-order valence-corrected chi connectivity index (χ2v) is 5.07. The summed E-state index contributed by atoms with van der Waals surface area (Å²) in [6, 6.07) is 10.3. The fourth-order valence-electron chi connectivity index (χ4n) is 2.08. The Hall–Kier alpha value is -1.68. The molecule has 0 spiro atoms. The van der Waals surface area contributed by atoms with Gasteiger partial charge in [-0.3, -0.25) is 0 Å². The topological polar surface area (TPSA) is 42.7 Å². The van der Waals surface area contributed by atoms with Gasteiger partial charge >= 0.3 is 0 Å². The van der Waals surface area contributed by atoms with Crippen LogP contribution >= 0.6 is 0 Å². The lowest BCUT2D eigenvalue weighted by Gasteiger charge is -2.19. The number of benzene rings is 1. The summed E-state index contributed by atoms with van der Waals surface area (Å²) in [4.78, 5) is 1.69. The number of nitrogens with zero attached hydrogens (tertiary/aromatic N) is 3. The van der Waals surface area contributed by atoms with Crippen molar-refractivity contribution in [2.24, 2.45) is 5.92 Å². The Kier molecular flexibility index (Phi) is 4.68. The molecule has 0 saturated carbocycles. The van der Waals surface area contributed by atoms with E-state index in [1.807, 2.05) is 36.5 Å². The van der Waals surface area contributed by atoms with E-state index < -0.39 is 0 Å². The minimum absolute atomic E-state index is 0.261. The van der Waals surface area contributed by atoms with E-state index in [-0.39, 0.29) is 6.04 Å². The van der Waals surface area contributed by atoms with Crippen molar-refractivity contribution in [2.45, 2.75) is 33.2 Å². The molecule has 2 aromatic rings. The van der Waals surface area contributed by atoms with Crippen LogP contribution in [0.5, 0.6) is 0 Å². The van der Waals surface area contributed by atoms with Crippen molar-refractivity contribution in [1.82, 2.24) is 20.3 Å². The average Bonchev–Trinajstić information content (AvgIpc) is 2.89. The van der Waals surface area contributed by atoms with Crippen LogP contribution in [0, 0.1) is 5.92 Å². The van der Waals surface area contributed by atoms with E-state index in [1.54, 1.807) is 4.80 Å².